The minimum absolute atomic E-state index is 0.171. The number of hydrogen-bond donors (Lipinski definition) is 0. The highest BCUT2D eigenvalue weighted by Gasteiger charge is 2.53. The second-order valence-electron chi connectivity index (χ2n) is 9.91. The zero-order valence-electron chi connectivity index (χ0n) is 17.2. The van der Waals surface area contributed by atoms with E-state index in [2.05, 4.69) is 10.00 Å². The van der Waals surface area contributed by atoms with Crippen LogP contribution in [-0.2, 0) is 17.5 Å². The first-order valence-corrected chi connectivity index (χ1v) is 11.4. The van der Waals surface area contributed by atoms with Crippen LogP contribution in [0.2, 0.25) is 5.02 Å². The van der Waals surface area contributed by atoms with Crippen LogP contribution in [0.1, 0.15) is 49.9 Å². The molecule has 1 aromatic rings. The summed E-state index contributed by atoms with van der Waals surface area (Å²) in [6.07, 6.45) is 3.50. The van der Waals surface area contributed by atoms with Crippen molar-refractivity contribution in [3.8, 4) is 0 Å². The number of hydrogen-bond acceptors (Lipinski definition) is 3. The molecule has 0 spiro atoms. The monoisotopic (exact) mass is 444 g/mol. The van der Waals surface area contributed by atoms with Gasteiger partial charge in [0.05, 0.1) is 10.7 Å². The molecule has 166 valence electrons. The van der Waals surface area contributed by atoms with Crippen LogP contribution in [0.3, 0.4) is 0 Å². The van der Waals surface area contributed by atoms with Gasteiger partial charge in [-0.1, -0.05) is 11.6 Å². The summed E-state index contributed by atoms with van der Waals surface area (Å²) in [4.78, 5) is 17.2. The van der Waals surface area contributed by atoms with Crippen molar-refractivity contribution in [2.24, 2.45) is 17.8 Å². The van der Waals surface area contributed by atoms with E-state index in [1.54, 1.807) is 4.90 Å². The number of amides is 1. The number of carbonyl (C=O) groups is 1. The number of carbonyl (C=O) groups excluding carboxylic acids is 1. The molecule has 1 aromatic heterocycles. The molecule has 5 fully saturated rings. The molecule has 2 heterocycles. The van der Waals surface area contributed by atoms with Crippen LogP contribution in [0, 0.1) is 24.7 Å². The Morgan fingerprint density at radius 1 is 1.07 bits per heavy atom. The van der Waals surface area contributed by atoms with Gasteiger partial charge in [-0.2, -0.15) is 18.3 Å². The zero-order valence-corrected chi connectivity index (χ0v) is 18.0. The number of alkyl halides is 3. The van der Waals surface area contributed by atoms with Gasteiger partial charge in [0.15, 0.2) is 5.69 Å². The fourth-order valence-electron chi connectivity index (χ4n) is 6.97. The van der Waals surface area contributed by atoms with Gasteiger partial charge >= 0.3 is 6.18 Å². The normalized spacial score (nSPS) is 34.0. The molecule has 0 N–H and O–H groups in total. The van der Waals surface area contributed by atoms with Gasteiger partial charge in [-0.05, 0) is 63.2 Å². The Kier molecular flexibility index (Phi) is 4.89. The predicted molar refractivity (Wildman–Crippen MR) is 106 cm³/mol. The van der Waals surface area contributed by atoms with Gasteiger partial charge in [-0.3, -0.25) is 14.4 Å². The third-order valence-corrected chi connectivity index (χ3v) is 8.45. The third kappa shape index (κ3) is 3.44. The highest BCUT2D eigenvalue weighted by atomic mass is 35.5. The van der Waals surface area contributed by atoms with E-state index < -0.39 is 16.9 Å². The van der Waals surface area contributed by atoms with E-state index in [4.69, 9.17) is 11.6 Å². The lowest BCUT2D eigenvalue weighted by molar-refractivity contribution is -0.143. The summed E-state index contributed by atoms with van der Waals surface area (Å²) < 4.78 is 40.2. The van der Waals surface area contributed by atoms with Crippen LogP contribution in [0.5, 0.6) is 0 Å². The Balaban J connectivity index is 1.22. The Hall–Kier alpha value is -1.28. The molecule has 4 bridgehead atoms. The first kappa shape index (κ1) is 20.6. The topological polar surface area (TPSA) is 41.4 Å². The molecule has 0 aromatic carbocycles. The summed E-state index contributed by atoms with van der Waals surface area (Å²) in [5.41, 5.74) is -0.622. The summed E-state index contributed by atoms with van der Waals surface area (Å²) in [6.45, 7) is 4.21. The van der Waals surface area contributed by atoms with E-state index >= 15 is 0 Å². The Morgan fingerprint density at radius 3 is 2.07 bits per heavy atom. The number of nitrogens with zero attached hydrogens (tertiary/aromatic N) is 4. The Labute approximate surface area is 179 Å². The van der Waals surface area contributed by atoms with Crippen molar-refractivity contribution < 1.29 is 18.0 Å². The highest BCUT2D eigenvalue weighted by molar-refractivity contribution is 6.32. The van der Waals surface area contributed by atoms with Gasteiger partial charge in [0.2, 0.25) is 5.91 Å². The van der Waals surface area contributed by atoms with Crippen molar-refractivity contribution >= 4 is 17.5 Å². The molecule has 1 amide bonds. The van der Waals surface area contributed by atoms with Gasteiger partial charge in [0.1, 0.15) is 6.54 Å². The lowest BCUT2D eigenvalue weighted by Gasteiger charge is -2.61. The van der Waals surface area contributed by atoms with Crippen molar-refractivity contribution in [1.82, 2.24) is 19.6 Å². The largest absolute Gasteiger partial charge is 0.436 e. The summed E-state index contributed by atoms with van der Waals surface area (Å²) in [5.74, 6) is 2.44. The maximum absolute atomic E-state index is 13.0. The smallest absolute Gasteiger partial charge is 0.339 e. The van der Waals surface area contributed by atoms with E-state index in [0.29, 0.717) is 18.6 Å². The standard InChI is InChI=1S/C21H28ClF3N4O/c1-13-18(22)19(21(23,24)25)26-29(13)12-17(30)27-2-4-28(5-3-27)20-9-14-6-15(10-20)8-16(7-14)11-20/h14-16H,2-12H2,1H3. The molecule has 0 atom stereocenters. The molecule has 5 nitrogen and oxygen atoms in total. The van der Waals surface area contributed by atoms with Crippen molar-refractivity contribution in [3.63, 3.8) is 0 Å². The lowest BCUT2D eigenvalue weighted by atomic mass is 9.52. The van der Waals surface area contributed by atoms with Gasteiger partial charge < -0.3 is 4.90 Å². The van der Waals surface area contributed by atoms with Crippen molar-refractivity contribution in [1.29, 1.82) is 0 Å². The van der Waals surface area contributed by atoms with Crippen molar-refractivity contribution in [3.05, 3.63) is 16.4 Å². The van der Waals surface area contributed by atoms with E-state index in [1.807, 2.05) is 0 Å². The second kappa shape index (κ2) is 7.12. The molecule has 1 saturated heterocycles. The molecule has 5 aliphatic rings. The van der Waals surface area contributed by atoms with E-state index in [-0.39, 0.29) is 18.1 Å². The third-order valence-electron chi connectivity index (χ3n) is 8.00. The van der Waals surface area contributed by atoms with Crippen LogP contribution in [0.25, 0.3) is 0 Å². The first-order valence-electron chi connectivity index (χ1n) is 11.0. The van der Waals surface area contributed by atoms with Crippen molar-refractivity contribution in [2.75, 3.05) is 26.2 Å². The molecule has 30 heavy (non-hydrogen) atoms. The summed E-state index contributed by atoms with van der Waals surface area (Å²) >= 11 is 5.80. The van der Waals surface area contributed by atoms with Gasteiger partial charge in [0.25, 0.3) is 0 Å². The number of halogens is 4. The van der Waals surface area contributed by atoms with Gasteiger partial charge in [0, 0.05) is 31.7 Å². The summed E-state index contributed by atoms with van der Waals surface area (Å²) in [6, 6.07) is 0. The average Bonchev–Trinajstić information content (AvgIpc) is 2.96. The minimum Gasteiger partial charge on any atom is -0.339 e. The number of rotatable bonds is 3. The highest BCUT2D eigenvalue weighted by Crippen LogP contribution is 2.57. The molecule has 0 radical (unpaired) electrons. The molecule has 9 heteroatoms. The van der Waals surface area contributed by atoms with Crippen LogP contribution < -0.4 is 0 Å². The van der Waals surface area contributed by atoms with E-state index in [9.17, 15) is 18.0 Å². The van der Waals surface area contributed by atoms with E-state index in [1.165, 1.54) is 45.4 Å². The van der Waals surface area contributed by atoms with Crippen molar-refractivity contribution in [2.45, 2.75) is 63.7 Å². The first-order chi connectivity index (χ1) is 14.1. The molecular weight excluding hydrogens is 417 g/mol. The molecule has 6 rings (SSSR count). The van der Waals surface area contributed by atoms with Crippen LogP contribution >= 0.6 is 11.6 Å². The zero-order chi connectivity index (χ0) is 21.3. The second-order valence-corrected chi connectivity index (χ2v) is 10.3. The quantitative estimate of drug-likeness (QED) is 0.708. The molecule has 4 aliphatic carbocycles. The molecule has 0 unspecified atom stereocenters. The van der Waals surface area contributed by atoms with Gasteiger partial charge in [-0.15, -0.1) is 0 Å². The van der Waals surface area contributed by atoms with Crippen LogP contribution in [0.15, 0.2) is 0 Å². The summed E-state index contributed by atoms with van der Waals surface area (Å²) in [7, 11) is 0. The molecule has 1 aliphatic heterocycles. The summed E-state index contributed by atoms with van der Waals surface area (Å²) in [5, 5.41) is 3.13. The maximum atomic E-state index is 13.0. The van der Waals surface area contributed by atoms with Crippen LogP contribution in [0.4, 0.5) is 13.2 Å². The lowest BCUT2D eigenvalue weighted by Crippen LogP contribution is -2.64. The van der Waals surface area contributed by atoms with Gasteiger partial charge in [-0.25, -0.2) is 0 Å². The number of aromatic nitrogens is 2. The van der Waals surface area contributed by atoms with Crippen LogP contribution in [-0.4, -0.2) is 57.2 Å². The number of piperazine rings is 1. The fourth-order valence-corrected chi connectivity index (χ4v) is 7.21. The SMILES string of the molecule is Cc1c(Cl)c(C(F)(F)F)nn1CC(=O)N1CCN(C23CC4CC(CC(C4)C2)C3)CC1. The molecule has 4 saturated carbocycles. The predicted octanol–water partition coefficient (Wildman–Crippen LogP) is 3.98. The Morgan fingerprint density at radius 2 is 1.60 bits per heavy atom. The Bertz CT molecular complexity index is 809. The average molecular weight is 445 g/mol. The fraction of sp³-hybridized carbons (Fsp3) is 0.810. The van der Waals surface area contributed by atoms with E-state index in [0.717, 1.165) is 35.5 Å². The minimum atomic E-state index is -4.63. The maximum Gasteiger partial charge on any atom is 0.436 e. The molecular formula is C21H28ClF3N4O.